The van der Waals surface area contributed by atoms with Crippen molar-refractivity contribution in [3.8, 4) is 5.75 Å². The van der Waals surface area contributed by atoms with Gasteiger partial charge in [0.2, 0.25) is 5.52 Å². The minimum absolute atomic E-state index is 0.332. The van der Waals surface area contributed by atoms with Crippen molar-refractivity contribution in [1.29, 1.82) is 0 Å². The van der Waals surface area contributed by atoms with Crippen LogP contribution < -0.4 is 9.47 Å². The Morgan fingerprint density at radius 1 is 1.20 bits per heavy atom. The molecule has 1 saturated carbocycles. The van der Waals surface area contributed by atoms with Crippen LogP contribution in [-0.4, -0.2) is 6.10 Å². The fraction of sp³-hybridized carbons (Fsp3) is 0.471. The maximum atomic E-state index is 11.6. The predicted octanol–water partition coefficient (Wildman–Crippen LogP) is 3.82. The molecule has 3 rings (SSSR count). The SMILES string of the molecule is CC[C@H]1CC[C@@H](Oc2ccc3c(ccc[n+]3[O-])c2)CC1. The fourth-order valence-corrected chi connectivity index (χ4v) is 3.10. The van der Waals surface area contributed by atoms with E-state index in [0.29, 0.717) is 11.6 Å². The summed E-state index contributed by atoms with van der Waals surface area (Å²) in [5, 5.41) is 12.6. The van der Waals surface area contributed by atoms with Gasteiger partial charge in [-0.1, -0.05) is 13.3 Å². The van der Waals surface area contributed by atoms with Crippen LogP contribution in [-0.2, 0) is 0 Å². The zero-order valence-corrected chi connectivity index (χ0v) is 11.9. The summed E-state index contributed by atoms with van der Waals surface area (Å²) >= 11 is 0. The van der Waals surface area contributed by atoms with Crippen LogP contribution in [0.25, 0.3) is 10.9 Å². The van der Waals surface area contributed by atoms with Crippen LogP contribution in [0, 0.1) is 11.1 Å². The van der Waals surface area contributed by atoms with Crippen LogP contribution >= 0.6 is 0 Å². The second kappa shape index (κ2) is 5.70. The second-order valence-electron chi connectivity index (χ2n) is 5.72. The Balaban J connectivity index is 1.72. The number of ether oxygens (including phenoxy) is 1. The van der Waals surface area contributed by atoms with E-state index in [0.717, 1.165) is 34.6 Å². The predicted molar refractivity (Wildman–Crippen MR) is 79.6 cm³/mol. The third-order valence-electron chi connectivity index (χ3n) is 4.41. The number of rotatable bonds is 3. The topological polar surface area (TPSA) is 36.2 Å². The van der Waals surface area contributed by atoms with Crippen molar-refractivity contribution in [2.24, 2.45) is 5.92 Å². The molecule has 0 spiro atoms. The van der Waals surface area contributed by atoms with Gasteiger partial charge in [0, 0.05) is 12.1 Å². The van der Waals surface area contributed by atoms with Gasteiger partial charge in [-0.25, -0.2) is 0 Å². The van der Waals surface area contributed by atoms with Gasteiger partial charge in [0.25, 0.3) is 0 Å². The third-order valence-corrected chi connectivity index (χ3v) is 4.41. The molecule has 20 heavy (non-hydrogen) atoms. The van der Waals surface area contributed by atoms with E-state index in [9.17, 15) is 5.21 Å². The number of pyridine rings is 1. The second-order valence-corrected chi connectivity index (χ2v) is 5.72. The van der Waals surface area contributed by atoms with E-state index in [2.05, 4.69) is 6.92 Å². The molecule has 1 aliphatic rings. The van der Waals surface area contributed by atoms with Crippen molar-refractivity contribution in [1.82, 2.24) is 0 Å². The van der Waals surface area contributed by atoms with Gasteiger partial charge in [0.1, 0.15) is 5.75 Å². The molecule has 106 valence electrons. The van der Waals surface area contributed by atoms with Crippen LogP contribution in [0.4, 0.5) is 0 Å². The molecule has 3 nitrogen and oxygen atoms in total. The van der Waals surface area contributed by atoms with Crippen molar-refractivity contribution < 1.29 is 9.47 Å². The van der Waals surface area contributed by atoms with E-state index in [1.807, 2.05) is 24.3 Å². The highest BCUT2D eigenvalue weighted by Gasteiger charge is 2.21. The Morgan fingerprint density at radius 2 is 2.00 bits per heavy atom. The van der Waals surface area contributed by atoms with Gasteiger partial charge in [0.15, 0.2) is 6.20 Å². The summed E-state index contributed by atoms with van der Waals surface area (Å²) in [5.41, 5.74) is 0.689. The smallest absolute Gasteiger partial charge is 0.223 e. The highest BCUT2D eigenvalue weighted by molar-refractivity contribution is 5.77. The monoisotopic (exact) mass is 271 g/mol. The summed E-state index contributed by atoms with van der Waals surface area (Å²) in [5.74, 6) is 1.76. The molecule has 0 aliphatic heterocycles. The number of hydrogen-bond donors (Lipinski definition) is 0. The van der Waals surface area contributed by atoms with Crippen LogP contribution in [0.5, 0.6) is 5.75 Å². The van der Waals surface area contributed by atoms with Crippen LogP contribution in [0.15, 0.2) is 36.5 Å². The van der Waals surface area contributed by atoms with E-state index in [1.54, 1.807) is 6.07 Å². The van der Waals surface area contributed by atoms with Crippen LogP contribution in [0.2, 0.25) is 0 Å². The molecule has 0 amide bonds. The maximum Gasteiger partial charge on any atom is 0.223 e. The summed E-state index contributed by atoms with van der Waals surface area (Å²) in [6.45, 7) is 2.27. The Bertz CT molecular complexity index is 589. The fourth-order valence-electron chi connectivity index (χ4n) is 3.10. The van der Waals surface area contributed by atoms with Crippen LogP contribution in [0.1, 0.15) is 39.0 Å². The number of fused-ring (bicyclic) bond motifs is 1. The average molecular weight is 271 g/mol. The first kappa shape index (κ1) is 13.2. The number of hydrogen-bond acceptors (Lipinski definition) is 2. The molecular formula is C17H21NO2. The van der Waals surface area contributed by atoms with Gasteiger partial charge in [-0.2, -0.15) is 4.73 Å². The number of benzene rings is 1. The normalized spacial score (nSPS) is 22.9. The lowest BCUT2D eigenvalue weighted by Crippen LogP contribution is -2.26. The van der Waals surface area contributed by atoms with Gasteiger partial charge in [0.05, 0.1) is 11.5 Å². The molecule has 3 heteroatoms. The first-order valence-electron chi connectivity index (χ1n) is 7.55. The summed E-state index contributed by atoms with van der Waals surface area (Å²) < 4.78 is 6.98. The molecule has 1 aromatic carbocycles. The third kappa shape index (κ3) is 2.72. The van der Waals surface area contributed by atoms with E-state index >= 15 is 0 Å². The molecule has 0 bridgehead atoms. The first-order chi connectivity index (χ1) is 9.76. The Labute approximate surface area is 119 Å². The minimum Gasteiger partial charge on any atom is -0.618 e. The molecule has 1 fully saturated rings. The quantitative estimate of drug-likeness (QED) is 0.628. The molecule has 1 aliphatic carbocycles. The van der Waals surface area contributed by atoms with Gasteiger partial charge in [-0.15, -0.1) is 0 Å². The van der Waals surface area contributed by atoms with E-state index in [-0.39, 0.29) is 0 Å². The molecule has 0 atom stereocenters. The lowest BCUT2D eigenvalue weighted by Gasteiger charge is -2.28. The lowest BCUT2D eigenvalue weighted by atomic mass is 9.86. The Morgan fingerprint density at radius 3 is 2.75 bits per heavy atom. The van der Waals surface area contributed by atoms with Gasteiger partial charge < -0.3 is 9.94 Å². The zero-order valence-electron chi connectivity index (χ0n) is 11.9. The molecule has 0 unspecified atom stereocenters. The van der Waals surface area contributed by atoms with Crippen molar-refractivity contribution >= 4 is 10.9 Å². The lowest BCUT2D eigenvalue weighted by molar-refractivity contribution is -0.577. The molecule has 0 saturated heterocycles. The van der Waals surface area contributed by atoms with E-state index < -0.39 is 0 Å². The molecule has 0 radical (unpaired) electrons. The molecule has 1 aromatic heterocycles. The summed E-state index contributed by atoms with van der Waals surface area (Å²) in [6, 6.07) is 9.43. The van der Waals surface area contributed by atoms with Gasteiger partial charge >= 0.3 is 0 Å². The average Bonchev–Trinajstić information content (AvgIpc) is 2.48. The maximum absolute atomic E-state index is 11.6. The van der Waals surface area contributed by atoms with Crippen LogP contribution in [0.3, 0.4) is 0 Å². The molecule has 1 heterocycles. The Kier molecular flexibility index (Phi) is 3.77. The summed E-state index contributed by atoms with van der Waals surface area (Å²) in [6.07, 6.45) is 7.98. The number of aromatic nitrogens is 1. The van der Waals surface area contributed by atoms with E-state index in [4.69, 9.17) is 4.74 Å². The standard InChI is InChI=1S/C17H21NO2/c1-2-13-5-7-15(8-6-13)20-16-9-10-17-14(12-16)4-3-11-18(17)19/h3-4,9-13,15H,2,5-8H2,1H3/t13-,15+. The molecule has 2 aromatic rings. The highest BCUT2D eigenvalue weighted by atomic mass is 16.5. The van der Waals surface area contributed by atoms with Crippen molar-refractivity contribution in [3.63, 3.8) is 0 Å². The Hall–Kier alpha value is -1.77. The molecular weight excluding hydrogens is 250 g/mol. The van der Waals surface area contributed by atoms with E-state index in [1.165, 1.54) is 25.5 Å². The summed E-state index contributed by atoms with van der Waals surface area (Å²) in [4.78, 5) is 0. The van der Waals surface area contributed by atoms with Crippen molar-refractivity contribution in [2.75, 3.05) is 0 Å². The highest BCUT2D eigenvalue weighted by Crippen LogP contribution is 2.30. The first-order valence-corrected chi connectivity index (χ1v) is 7.55. The minimum atomic E-state index is 0.332. The van der Waals surface area contributed by atoms with Crippen molar-refractivity contribution in [3.05, 3.63) is 41.7 Å². The molecule has 0 N–H and O–H groups in total. The number of nitrogens with zero attached hydrogens (tertiary/aromatic N) is 1. The van der Waals surface area contributed by atoms with Gasteiger partial charge in [-0.3, -0.25) is 0 Å². The van der Waals surface area contributed by atoms with Crippen molar-refractivity contribution in [2.45, 2.75) is 45.1 Å². The largest absolute Gasteiger partial charge is 0.618 e. The van der Waals surface area contributed by atoms with Gasteiger partial charge in [-0.05, 0) is 49.8 Å². The zero-order chi connectivity index (χ0) is 13.9. The summed E-state index contributed by atoms with van der Waals surface area (Å²) in [7, 11) is 0.